The van der Waals surface area contributed by atoms with E-state index >= 15 is 0 Å². The van der Waals surface area contributed by atoms with E-state index in [1.165, 1.54) is 0 Å². The second kappa shape index (κ2) is 5.54. The molecule has 76 valence electrons. The van der Waals surface area contributed by atoms with Gasteiger partial charge >= 0.3 is 0 Å². The SMILES string of the molecule is CCCNC(=S)Nc1cncc(C)c1. The van der Waals surface area contributed by atoms with E-state index in [1.807, 2.05) is 19.2 Å². The molecule has 0 fully saturated rings. The monoisotopic (exact) mass is 209 g/mol. The van der Waals surface area contributed by atoms with Gasteiger partial charge in [-0.1, -0.05) is 6.92 Å². The highest BCUT2D eigenvalue weighted by atomic mass is 32.1. The van der Waals surface area contributed by atoms with Crippen molar-refractivity contribution >= 4 is 23.0 Å². The van der Waals surface area contributed by atoms with Gasteiger partial charge in [-0.3, -0.25) is 4.98 Å². The summed E-state index contributed by atoms with van der Waals surface area (Å²) in [5, 5.41) is 6.82. The first-order valence-electron chi connectivity index (χ1n) is 4.69. The van der Waals surface area contributed by atoms with Crippen molar-refractivity contribution in [3.8, 4) is 0 Å². The summed E-state index contributed by atoms with van der Waals surface area (Å²) in [7, 11) is 0. The molecule has 0 aliphatic carbocycles. The lowest BCUT2D eigenvalue weighted by molar-refractivity contribution is 0.846. The van der Waals surface area contributed by atoms with Crippen molar-refractivity contribution in [3.05, 3.63) is 24.0 Å². The van der Waals surface area contributed by atoms with Crippen LogP contribution in [0.5, 0.6) is 0 Å². The number of rotatable bonds is 3. The molecule has 0 aromatic carbocycles. The van der Waals surface area contributed by atoms with Crippen molar-refractivity contribution in [3.63, 3.8) is 0 Å². The highest BCUT2D eigenvalue weighted by Gasteiger charge is 1.96. The number of nitrogens with one attached hydrogen (secondary N) is 2. The van der Waals surface area contributed by atoms with Crippen LogP contribution in [-0.4, -0.2) is 16.6 Å². The second-order valence-corrected chi connectivity index (χ2v) is 3.54. The number of nitrogens with zero attached hydrogens (tertiary/aromatic N) is 1. The molecular weight excluding hydrogens is 194 g/mol. The lowest BCUT2D eigenvalue weighted by Crippen LogP contribution is -2.28. The maximum Gasteiger partial charge on any atom is 0.170 e. The number of hydrogen-bond donors (Lipinski definition) is 2. The Hall–Kier alpha value is -1.16. The molecule has 4 heteroatoms. The molecule has 0 radical (unpaired) electrons. The molecule has 0 aliphatic heterocycles. The van der Waals surface area contributed by atoms with E-state index in [0.29, 0.717) is 5.11 Å². The van der Waals surface area contributed by atoms with E-state index in [-0.39, 0.29) is 0 Å². The van der Waals surface area contributed by atoms with Crippen LogP contribution in [0.2, 0.25) is 0 Å². The highest BCUT2D eigenvalue weighted by molar-refractivity contribution is 7.80. The van der Waals surface area contributed by atoms with Crippen molar-refractivity contribution < 1.29 is 0 Å². The first kappa shape index (κ1) is 10.9. The van der Waals surface area contributed by atoms with Crippen molar-refractivity contribution in [2.45, 2.75) is 20.3 Å². The summed E-state index contributed by atoms with van der Waals surface area (Å²) in [4.78, 5) is 4.07. The van der Waals surface area contributed by atoms with Gasteiger partial charge in [-0.05, 0) is 37.2 Å². The molecule has 14 heavy (non-hydrogen) atoms. The molecule has 0 bridgehead atoms. The Morgan fingerprint density at radius 2 is 2.29 bits per heavy atom. The fraction of sp³-hybridized carbons (Fsp3) is 0.400. The minimum absolute atomic E-state index is 0.652. The summed E-state index contributed by atoms with van der Waals surface area (Å²) in [6.45, 7) is 5.00. The van der Waals surface area contributed by atoms with Gasteiger partial charge in [0, 0.05) is 12.7 Å². The van der Waals surface area contributed by atoms with Crippen LogP contribution in [0.15, 0.2) is 18.5 Å². The molecule has 1 heterocycles. The summed E-state index contributed by atoms with van der Waals surface area (Å²) in [6, 6.07) is 2.01. The van der Waals surface area contributed by atoms with Crippen molar-refractivity contribution in [1.29, 1.82) is 0 Å². The lowest BCUT2D eigenvalue weighted by atomic mass is 10.3. The van der Waals surface area contributed by atoms with E-state index in [1.54, 1.807) is 6.20 Å². The number of pyridine rings is 1. The Kier molecular flexibility index (Phi) is 4.32. The first-order valence-corrected chi connectivity index (χ1v) is 5.09. The van der Waals surface area contributed by atoms with Crippen LogP contribution in [0.4, 0.5) is 5.69 Å². The Morgan fingerprint density at radius 3 is 2.93 bits per heavy atom. The average molecular weight is 209 g/mol. The lowest BCUT2D eigenvalue weighted by Gasteiger charge is -2.09. The van der Waals surface area contributed by atoms with Gasteiger partial charge in [-0.25, -0.2) is 0 Å². The molecule has 0 aliphatic rings. The van der Waals surface area contributed by atoms with E-state index in [4.69, 9.17) is 12.2 Å². The number of hydrogen-bond acceptors (Lipinski definition) is 2. The fourth-order valence-corrected chi connectivity index (χ4v) is 1.26. The zero-order valence-corrected chi connectivity index (χ0v) is 9.32. The molecule has 0 spiro atoms. The molecule has 0 amide bonds. The summed E-state index contributed by atoms with van der Waals surface area (Å²) in [6.07, 6.45) is 4.63. The zero-order chi connectivity index (χ0) is 10.4. The van der Waals surface area contributed by atoms with E-state index in [2.05, 4.69) is 22.5 Å². The highest BCUT2D eigenvalue weighted by Crippen LogP contribution is 2.06. The standard InChI is InChI=1S/C10H15N3S/c1-3-4-12-10(14)13-9-5-8(2)6-11-7-9/h5-7H,3-4H2,1-2H3,(H2,12,13,14). The summed E-state index contributed by atoms with van der Waals surface area (Å²) in [5.74, 6) is 0. The van der Waals surface area contributed by atoms with Crippen LogP contribution in [0.1, 0.15) is 18.9 Å². The van der Waals surface area contributed by atoms with Gasteiger partial charge in [0.1, 0.15) is 0 Å². The average Bonchev–Trinajstić information content (AvgIpc) is 2.15. The maximum absolute atomic E-state index is 5.09. The van der Waals surface area contributed by atoms with Gasteiger partial charge in [0.2, 0.25) is 0 Å². The molecule has 1 rings (SSSR count). The Labute approximate surface area is 89.9 Å². The molecular formula is C10H15N3S. The van der Waals surface area contributed by atoms with Crippen LogP contribution in [0.25, 0.3) is 0 Å². The molecule has 3 nitrogen and oxygen atoms in total. The van der Waals surface area contributed by atoms with Gasteiger partial charge in [-0.2, -0.15) is 0 Å². The molecule has 0 saturated carbocycles. The third-order valence-electron chi connectivity index (χ3n) is 1.67. The third-order valence-corrected chi connectivity index (χ3v) is 1.91. The predicted molar refractivity (Wildman–Crippen MR) is 63.5 cm³/mol. The van der Waals surface area contributed by atoms with Crippen molar-refractivity contribution in [2.24, 2.45) is 0 Å². The minimum atomic E-state index is 0.652. The van der Waals surface area contributed by atoms with Crippen LogP contribution < -0.4 is 10.6 Å². The van der Waals surface area contributed by atoms with Crippen LogP contribution >= 0.6 is 12.2 Å². The van der Waals surface area contributed by atoms with E-state index in [0.717, 1.165) is 24.2 Å². The summed E-state index contributed by atoms with van der Waals surface area (Å²) < 4.78 is 0. The van der Waals surface area contributed by atoms with Gasteiger partial charge in [0.25, 0.3) is 0 Å². The van der Waals surface area contributed by atoms with Crippen LogP contribution in [0.3, 0.4) is 0 Å². The number of anilines is 1. The number of aryl methyl sites for hydroxylation is 1. The van der Waals surface area contributed by atoms with Gasteiger partial charge in [-0.15, -0.1) is 0 Å². The van der Waals surface area contributed by atoms with Gasteiger partial charge < -0.3 is 10.6 Å². The molecule has 0 unspecified atom stereocenters. The Bertz CT molecular complexity index is 312. The maximum atomic E-state index is 5.09. The Balaban J connectivity index is 2.47. The summed E-state index contributed by atoms with van der Waals surface area (Å²) in [5.41, 5.74) is 2.05. The second-order valence-electron chi connectivity index (χ2n) is 3.13. The van der Waals surface area contributed by atoms with E-state index in [9.17, 15) is 0 Å². The topological polar surface area (TPSA) is 37.0 Å². The largest absolute Gasteiger partial charge is 0.362 e. The molecule has 1 aromatic rings. The number of aromatic nitrogens is 1. The van der Waals surface area contributed by atoms with Gasteiger partial charge in [0.05, 0.1) is 11.9 Å². The van der Waals surface area contributed by atoms with Gasteiger partial charge in [0.15, 0.2) is 5.11 Å². The van der Waals surface area contributed by atoms with Crippen LogP contribution in [0, 0.1) is 6.92 Å². The van der Waals surface area contributed by atoms with Crippen molar-refractivity contribution in [1.82, 2.24) is 10.3 Å². The third kappa shape index (κ3) is 3.70. The normalized spacial score (nSPS) is 9.57. The zero-order valence-electron chi connectivity index (χ0n) is 8.50. The molecule has 0 saturated heterocycles. The van der Waals surface area contributed by atoms with E-state index < -0.39 is 0 Å². The predicted octanol–water partition coefficient (Wildman–Crippen LogP) is 2.09. The number of thiocarbonyl (C=S) groups is 1. The Morgan fingerprint density at radius 1 is 1.50 bits per heavy atom. The first-order chi connectivity index (χ1) is 6.72. The molecule has 1 aromatic heterocycles. The summed E-state index contributed by atoms with van der Waals surface area (Å²) >= 11 is 5.09. The molecule has 2 N–H and O–H groups in total. The molecule has 0 atom stereocenters. The smallest absolute Gasteiger partial charge is 0.170 e. The fourth-order valence-electron chi connectivity index (χ4n) is 1.04. The van der Waals surface area contributed by atoms with Crippen LogP contribution in [-0.2, 0) is 0 Å². The minimum Gasteiger partial charge on any atom is -0.362 e. The quantitative estimate of drug-likeness (QED) is 0.747. The van der Waals surface area contributed by atoms with Crippen molar-refractivity contribution in [2.75, 3.05) is 11.9 Å².